The number of hydrogen-bond acceptors (Lipinski definition) is 3. The van der Waals surface area contributed by atoms with Gasteiger partial charge in [0.05, 0.1) is 12.2 Å². The van der Waals surface area contributed by atoms with Crippen molar-refractivity contribution in [2.75, 3.05) is 19.7 Å². The summed E-state index contributed by atoms with van der Waals surface area (Å²) in [4.78, 5) is 13.5. The molecule has 0 atom stereocenters. The Kier molecular flexibility index (Phi) is 5.87. The number of benzene rings is 1. The van der Waals surface area contributed by atoms with Crippen molar-refractivity contribution in [1.29, 1.82) is 0 Å². The van der Waals surface area contributed by atoms with Crippen LogP contribution in [0.1, 0.15) is 30.9 Å². The molecule has 1 saturated heterocycles. The molecule has 0 aliphatic carbocycles. The molecule has 2 rings (SSSR count). The maximum Gasteiger partial charge on any atom is 0.416 e. The molecule has 1 fully saturated rings. The van der Waals surface area contributed by atoms with Gasteiger partial charge in [0.1, 0.15) is 0 Å². The molecule has 1 N–H and O–H groups in total. The summed E-state index contributed by atoms with van der Waals surface area (Å²) in [5.74, 6) is 0. The standard InChI is InChI=1S/C16H21F3N2O2/c1-2-23-15(22)20-14-7-9-21(10-8-14)11-12-3-5-13(6-4-12)16(17,18)19/h3-6,14H,2,7-11H2,1H3,(H,20,22). The molecule has 0 spiro atoms. The van der Waals surface area contributed by atoms with Crippen molar-refractivity contribution in [3.63, 3.8) is 0 Å². The summed E-state index contributed by atoms with van der Waals surface area (Å²) >= 11 is 0. The summed E-state index contributed by atoms with van der Waals surface area (Å²) < 4.78 is 42.4. The van der Waals surface area contributed by atoms with Crippen molar-refractivity contribution in [1.82, 2.24) is 10.2 Å². The minimum Gasteiger partial charge on any atom is -0.450 e. The lowest BCUT2D eigenvalue weighted by Crippen LogP contribution is -2.44. The quantitative estimate of drug-likeness (QED) is 0.920. The molecule has 4 nitrogen and oxygen atoms in total. The Labute approximate surface area is 133 Å². The Morgan fingerprint density at radius 3 is 2.39 bits per heavy atom. The Bertz CT molecular complexity index is 509. The molecule has 0 saturated carbocycles. The normalized spacial score (nSPS) is 17.0. The summed E-state index contributed by atoms with van der Waals surface area (Å²) in [6, 6.07) is 5.37. The van der Waals surface area contributed by atoms with Gasteiger partial charge in [-0.05, 0) is 37.5 Å². The molecular weight excluding hydrogens is 309 g/mol. The van der Waals surface area contributed by atoms with Gasteiger partial charge in [-0.25, -0.2) is 4.79 Å². The predicted octanol–water partition coefficient (Wildman–Crippen LogP) is 3.42. The first-order valence-corrected chi connectivity index (χ1v) is 7.70. The van der Waals surface area contributed by atoms with Gasteiger partial charge in [0, 0.05) is 25.7 Å². The van der Waals surface area contributed by atoms with Crippen LogP contribution in [-0.4, -0.2) is 36.7 Å². The zero-order valence-electron chi connectivity index (χ0n) is 13.0. The molecule has 1 aromatic rings. The van der Waals surface area contributed by atoms with Crippen LogP contribution in [0, 0.1) is 0 Å². The highest BCUT2D eigenvalue weighted by molar-refractivity contribution is 5.67. The van der Waals surface area contributed by atoms with Crippen molar-refractivity contribution in [3.05, 3.63) is 35.4 Å². The average molecular weight is 330 g/mol. The van der Waals surface area contributed by atoms with E-state index in [1.807, 2.05) is 0 Å². The first-order valence-electron chi connectivity index (χ1n) is 7.70. The molecule has 7 heteroatoms. The number of likely N-dealkylation sites (tertiary alicyclic amines) is 1. The van der Waals surface area contributed by atoms with Crippen molar-refractivity contribution in [3.8, 4) is 0 Å². The Hall–Kier alpha value is -1.76. The van der Waals surface area contributed by atoms with Gasteiger partial charge < -0.3 is 10.1 Å². The van der Waals surface area contributed by atoms with E-state index in [0.29, 0.717) is 13.2 Å². The van der Waals surface area contributed by atoms with E-state index in [0.717, 1.165) is 43.6 Å². The smallest absolute Gasteiger partial charge is 0.416 e. The second-order valence-corrected chi connectivity index (χ2v) is 5.61. The van der Waals surface area contributed by atoms with Crippen LogP contribution in [0.4, 0.5) is 18.0 Å². The van der Waals surface area contributed by atoms with Crippen LogP contribution in [0.3, 0.4) is 0 Å². The van der Waals surface area contributed by atoms with E-state index in [4.69, 9.17) is 4.74 Å². The van der Waals surface area contributed by atoms with Crippen LogP contribution >= 0.6 is 0 Å². The summed E-state index contributed by atoms with van der Waals surface area (Å²) in [6.07, 6.45) is -3.08. The van der Waals surface area contributed by atoms with Gasteiger partial charge in [-0.3, -0.25) is 4.90 Å². The minimum absolute atomic E-state index is 0.0953. The molecule has 1 heterocycles. The number of carbonyl (C=O) groups is 1. The monoisotopic (exact) mass is 330 g/mol. The first kappa shape index (κ1) is 17.6. The number of rotatable bonds is 4. The van der Waals surface area contributed by atoms with Crippen LogP contribution < -0.4 is 5.32 Å². The number of amides is 1. The highest BCUT2D eigenvalue weighted by atomic mass is 19.4. The van der Waals surface area contributed by atoms with Gasteiger partial charge in [-0.1, -0.05) is 12.1 Å². The van der Waals surface area contributed by atoms with Gasteiger partial charge in [0.25, 0.3) is 0 Å². The summed E-state index contributed by atoms with van der Waals surface area (Å²) in [7, 11) is 0. The summed E-state index contributed by atoms with van der Waals surface area (Å²) in [6.45, 7) is 4.30. The van der Waals surface area contributed by atoms with Crippen LogP contribution in [0.15, 0.2) is 24.3 Å². The lowest BCUT2D eigenvalue weighted by Gasteiger charge is -2.32. The zero-order chi connectivity index (χ0) is 16.9. The fraction of sp³-hybridized carbons (Fsp3) is 0.562. The predicted molar refractivity (Wildman–Crippen MR) is 79.9 cm³/mol. The van der Waals surface area contributed by atoms with Gasteiger partial charge in [-0.2, -0.15) is 13.2 Å². The number of nitrogens with one attached hydrogen (secondary N) is 1. The third-order valence-corrected chi connectivity index (χ3v) is 3.87. The van der Waals surface area contributed by atoms with Crippen LogP contribution in [-0.2, 0) is 17.5 Å². The second kappa shape index (κ2) is 7.68. The minimum atomic E-state index is -4.30. The van der Waals surface area contributed by atoms with Gasteiger partial charge in [0.15, 0.2) is 0 Å². The maximum absolute atomic E-state index is 12.5. The van der Waals surface area contributed by atoms with Crippen molar-refractivity contribution in [2.24, 2.45) is 0 Å². The fourth-order valence-corrected chi connectivity index (χ4v) is 2.63. The number of carbonyl (C=O) groups excluding carboxylic acids is 1. The molecule has 128 valence electrons. The largest absolute Gasteiger partial charge is 0.450 e. The third-order valence-electron chi connectivity index (χ3n) is 3.87. The number of halogens is 3. The topological polar surface area (TPSA) is 41.6 Å². The third kappa shape index (κ3) is 5.42. The van der Waals surface area contributed by atoms with E-state index in [1.54, 1.807) is 6.92 Å². The molecule has 0 unspecified atom stereocenters. The molecule has 1 amide bonds. The van der Waals surface area contributed by atoms with E-state index < -0.39 is 17.8 Å². The molecule has 0 aromatic heterocycles. The molecule has 1 aromatic carbocycles. The number of ether oxygens (including phenoxy) is 1. The molecule has 23 heavy (non-hydrogen) atoms. The molecule has 1 aliphatic rings. The second-order valence-electron chi connectivity index (χ2n) is 5.61. The number of alkyl halides is 3. The van der Waals surface area contributed by atoms with E-state index in [2.05, 4.69) is 10.2 Å². The van der Waals surface area contributed by atoms with E-state index >= 15 is 0 Å². The van der Waals surface area contributed by atoms with Crippen LogP contribution in [0.5, 0.6) is 0 Å². The molecule has 1 aliphatic heterocycles. The lowest BCUT2D eigenvalue weighted by molar-refractivity contribution is -0.137. The fourth-order valence-electron chi connectivity index (χ4n) is 2.63. The Morgan fingerprint density at radius 2 is 1.87 bits per heavy atom. The SMILES string of the molecule is CCOC(=O)NC1CCN(Cc2ccc(C(F)(F)F)cc2)CC1. The molecule has 0 bridgehead atoms. The van der Waals surface area contributed by atoms with E-state index in [9.17, 15) is 18.0 Å². The van der Waals surface area contributed by atoms with Crippen molar-refractivity contribution < 1.29 is 22.7 Å². The van der Waals surface area contributed by atoms with Crippen LogP contribution in [0.2, 0.25) is 0 Å². The van der Waals surface area contributed by atoms with E-state index in [1.165, 1.54) is 12.1 Å². The van der Waals surface area contributed by atoms with Crippen LogP contribution in [0.25, 0.3) is 0 Å². The van der Waals surface area contributed by atoms with Gasteiger partial charge in [0.2, 0.25) is 0 Å². The zero-order valence-corrected chi connectivity index (χ0v) is 13.0. The number of piperidine rings is 1. The number of nitrogens with zero attached hydrogens (tertiary/aromatic N) is 1. The Balaban J connectivity index is 1.79. The number of alkyl carbamates (subject to hydrolysis) is 1. The highest BCUT2D eigenvalue weighted by Crippen LogP contribution is 2.29. The van der Waals surface area contributed by atoms with Gasteiger partial charge in [-0.15, -0.1) is 0 Å². The summed E-state index contributed by atoms with van der Waals surface area (Å²) in [5, 5.41) is 2.82. The molecule has 0 radical (unpaired) electrons. The highest BCUT2D eigenvalue weighted by Gasteiger charge is 2.30. The maximum atomic E-state index is 12.5. The van der Waals surface area contributed by atoms with Crippen molar-refractivity contribution in [2.45, 2.75) is 38.5 Å². The first-order chi connectivity index (χ1) is 10.9. The van der Waals surface area contributed by atoms with Gasteiger partial charge >= 0.3 is 12.3 Å². The Morgan fingerprint density at radius 1 is 1.26 bits per heavy atom. The number of hydrogen-bond donors (Lipinski definition) is 1. The lowest BCUT2D eigenvalue weighted by atomic mass is 10.0. The average Bonchev–Trinajstić information content (AvgIpc) is 2.49. The van der Waals surface area contributed by atoms with E-state index in [-0.39, 0.29) is 6.04 Å². The molecular formula is C16H21F3N2O2. The summed E-state index contributed by atoms with van der Waals surface area (Å²) in [5.41, 5.74) is 0.230. The van der Waals surface area contributed by atoms with Crippen molar-refractivity contribution >= 4 is 6.09 Å².